The van der Waals surface area contributed by atoms with Crippen molar-refractivity contribution in [2.75, 3.05) is 13.1 Å². The highest BCUT2D eigenvalue weighted by Crippen LogP contribution is 2.35. The van der Waals surface area contributed by atoms with Gasteiger partial charge in [-0.2, -0.15) is 0 Å². The molecule has 3 nitrogen and oxygen atoms in total. The number of hydrogen-bond donors (Lipinski definition) is 2. The van der Waals surface area contributed by atoms with Gasteiger partial charge in [-0.05, 0) is 53.1 Å². The average Bonchev–Trinajstić information content (AvgIpc) is 2.71. The van der Waals surface area contributed by atoms with Gasteiger partial charge in [0, 0.05) is 10.9 Å². The fourth-order valence-electron chi connectivity index (χ4n) is 2.79. The Labute approximate surface area is 114 Å². The number of thiazole rings is 1. The molecule has 1 aliphatic rings. The smallest absolute Gasteiger partial charge is 0.113 e. The van der Waals surface area contributed by atoms with Crippen LogP contribution in [0, 0.1) is 6.92 Å². The lowest BCUT2D eigenvalue weighted by Crippen LogP contribution is -2.52. The van der Waals surface area contributed by atoms with Gasteiger partial charge in [0.15, 0.2) is 0 Å². The van der Waals surface area contributed by atoms with Crippen LogP contribution in [0.2, 0.25) is 0 Å². The van der Waals surface area contributed by atoms with Crippen LogP contribution in [0.3, 0.4) is 0 Å². The molecule has 1 aliphatic heterocycles. The summed E-state index contributed by atoms with van der Waals surface area (Å²) in [4.78, 5) is 6.29. The second-order valence-corrected chi connectivity index (χ2v) is 6.71. The number of hydrogen-bond acceptors (Lipinski definition) is 4. The van der Waals surface area contributed by atoms with Crippen LogP contribution >= 0.6 is 11.3 Å². The number of nitrogens with one attached hydrogen (secondary N) is 2. The minimum atomic E-state index is 0.0995. The van der Waals surface area contributed by atoms with Crippen LogP contribution in [0.4, 0.5) is 0 Å². The number of aromatic nitrogens is 1. The van der Waals surface area contributed by atoms with E-state index in [0.29, 0.717) is 6.04 Å². The zero-order chi connectivity index (χ0) is 13.2. The van der Waals surface area contributed by atoms with Crippen molar-refractivity contribution in [3.8, 4) is 0 Å². The van der Waals surface area contributed by atoms with Crippen LogP contribution in [0.25, 0.3) is 0 Å². The lowest BCUT2D eigenvalue weighted by molar-refractivity contribution is 0.227. The van der Waals surface area contributed by atoms with Gasteiger partial charge in [-0.1, -0.05) is 6.92 Å². The first-order valence-corrected chi connectivity index (χ1v) is 7.84. The Morgan fingerprint density at radius 1 is 1.39 bits per heavy atom. The largest absolute Gasteiger partial charge is 0.317 e. The van der Waals surface area contributed by atoms with Gasteiger partial charge in [-0.25, -0.2) is 4.98 Å². The molecule has 1 aromatic rings. The third-order valence-electron chi connectivity index (χ3n) is 3.66. The minimum Gasteiger partial charge on any atom is -0.317 e. The molecule has 1 aromatic heterocycles. The van der Waals surface area contributed by atoms with Crippen LogP contribution in [0.5, 0.6) is 0 Å². The van der Waals surface area contributed by atoms with Gasteiger partial charge in [0.25, 0.3) is 0 Å². The van der Waals surface area contributed by atoms with Crippen LogP contribution in [0.15, 0.2) is 0 Å². The van der Waals surface area contributed by atoms with Crippen molar-refractivity contribution in [3.05, 3.63) is 15.6 Å². The molecule has 0 unspecified atom stereocenters. The minimum absolute atomic E-state index is 0.0995. The predicted octanol–water partition coefficient (Wildman–Crippen LogP) is 2.59. The first-order chi connectivity index (χ1) is 8.57. The molecule has 1 fully saturated rings. The molecule has 0 amide bonds. The molecule has 102 valence electrons. The standard InChI is InChI=1S/C14H25N3S/c1-5-12-11(4)18-13(16-12)14(17-10(2)3)6-8-15-9-7-14/h10,15,17H,5-9H2,1-4H3. The lowest BCUT2D eigenvalue weighted by atomic mass is 9.88. The molecule has 0 saturated carbocycles. The third-order valence-corrected chi connectivity index (χ3v) is 4.88. The fourth-order valence-corrected chi connectivity index (χ4v) is 4.00. The van der Waals surface area contributed by atoms with E-state index < -0.39 is 0 Å². The molecule has 0 aliphatic carbocycles. The van der Waals surface area contributed by atoms with E-state index in [1.807, 2.05) is 11.3 Å². The summed E-state index contributed by atoms with van der Waals surface area (Å²) in [6, 6.07) is 0.498. The van der Waals surface area contributed by atoms with Crippen molar-refractivity contribution >= 4 is 11.3 Å². The summed E-state index contributed by atoms with van der Waals surface area (Å²) in [6.07, 6.45) is 3.32. The van der Waals surface area contributed by atoms with E-state index in [1.165, 1.54) is 15.6 Å². The Morgan fingerprint density at radius 2 is 2.06 bits per heavy atom. The predicted molar refractivity (Wildman–Crippen MR) is 78.3 cm³/mol. The van der Waals surface area contributed by atoms with Gasteiger partial charge >= 0.3 is 0 Å². The van der Waals surface area contributed by atoms with Gasteiger partial charge < -0.3 is 10.6 Å². The summed E-state index contributed by atoms with van der Waals surface area (Å²) < 4.78 is 0. The van der Waals surface area contributed by atoms with E-state index in [0.717, 1.165) is 32.4 Å². The summed E-state index contributed by atoms with van der Waals surface area (Å²) in [7, 11) is 0. The third kappa shape index (κ3) is 2.76. The van der Waals surface area contributed by atoms with E-state index >= 15 is 0 Å². The molecule has 0 aromatic carbocycles. The first-order valence-electron chi connectivity index (χ1n) is 7.02. The van der Waals surface area contributed by atoms with Crippen LogP contribution < -0.4 is 10.6 Å². The van der Waals surface area contributed by atoms with Crippen molar-refractivity contribution < 1.29 is 0 Å². The van der Waals surface area contributed by atoms with Crippen molar-refractivity contribution in [1.29, 1.82) is 0 Å². The number of aryl methyl sites for hydroxylation is 2. The molecule has 2 rings (SSSR count). The van der Waals surface area contributed by atoms with E-state index in [1.54, 1.807) is 0 Å². The Hall–Kier alpha value is -0.450. The topological polar surface area (TPSA) is 37.0 Å². The highest BCUT2D eigenvalue weighted by atomic mass is 32.1. The Balaban J connectivity index is 2.32. The molecule has 18 heavy (non-hydrogen) atoms. The van der Waals surface area contributed by atoms with Crippen molar-refractivity contribution in [2.24, 2.45) is 0 Å². The lowest BCUT2D eigenvalue weighted by Gasteiger charge is -2.38. The van der Waals surface area contributed by atoms with Gasteiger partial charge in [0.2, 0.25) is 0 Å². The molecule has 0 bridgehead atoms. The summed E-state index contributed by atoms with van der Waals surface area (Å²) in [5, 5.41) is 8.54. The van der Waals surface area contributed by atoms with Crippen molar-refractivity contribution in [3.63, 3.8) is 0 Å². The fraction of sp³-hybridized carbons (Fsp3) is 0.786. The summed E-state index contributed by atoms with van der Waals surface area (Å²) in [6.45, 7) is 11.0. The molecule has 2 N–H and O–H groups in total. The summed E-state index contributed by atoms with van der Waals surface area (Å²) >= 11 is 1.88. The van der Waals surface area contributed by atoms with Crippen molar-refractivity contribution in [1.82, 2.24) is 15.6 Å². The van der Waals surface area contributed by atoms with Crippen LogP contribution in [-0.4, -0.2) is 24.1 Å². The molecular formula is C14H25N3S. The van der Waals surface area contributed by atoms with Gasteiger partial charge in [-0.15, -0.1) is 11.3 Å². The first kappa shape index (κ1) is 14.0. The SMILES string of the molecule is CCc1nc(C2(NC(C)C)CCNCC2)sc1C. The molecule has 0 spiro atoms. The number of piperidine rings is 1. The maximum atomic E-state index is 4.91. The maximum absolute atomic E-state index is 4.91. The van der Waals surface area contributed by atoms with Crippen LogP contribution in [0.1, 0.15) is 49.2 Å². The van der Waals surface area contributed by atoms with Gasteiger partial charge in [-0.3, -0.25) is 0 Å². The Morgan fingerprint density at radius 3 is 2.56 bits per heavy atom. The molecule has 0 radical (unpaired) electrons. The molecule has 4 heteroatoms. The second-order valence-electron chi connectivity index (χ2n) is 5.51. The van der Waals surface area contributed by atoms with E-state index in [-0.39, 0.29) is 5.54 Å². The van der Waals surface area contributed by atoms with E-state index in [4.69, 9.17) is 4.98 Å². The van der Waals surface area contributed by atoms with Crippen LogP contribution in [-0.2, 0) is 12.0 Å². The number of rotatable bonds is 4. The van der Waals surface area contributed by atoms with Gasteiger partial charge in [0.1, 0.15) is 5.01 Å². The zero-order valence-electron chi connectivity index (χ0n) is 12.0. The average molecular weight is 267 g/mol. The maximum Gasteiger partial charge on any atom is 0.113 e. The zero-order valence-corrected chi connectivity index (χ0v) is 12.8. The molecule has 0 atom stereocenters. The van der Waals surface area contributed by atoms with Crippen molar-refractivity contribution in [2.45, 2.75) is 58.5 Å². The Bertz CT molecular complexity index is 392. The Kier molecular flexibility index (Phi) is 4.41. The summed E-state index contributed by atoms with van der Waals surface area (Å²) in [5.74, 6) is 0. The molecular weight excluding hydrogens is 242 g/mol. The second kappa shape index (κ2) is 5.68. The van der Waals surface area contributed by atoms with E-state index in [2.05, 4.69) is 38.3 Å². The van der Waals surface area contributed by atoms with E-state index in [9.17, 15) is 0 Å². The molecule has 2 heterocycles. The number of nitrogens with zero attached hydrogens (tertiary/aromatic N) is 1. The highest BCUT2D eigenvalue weighted by molar-refractivity contribution is 7.11. The summed E-state index contributed by atoms with van der Waals surface area (Å²) in [5.41, 5.74) is 1.38. The monoisotopic (exact) mass is 267 g/mol. The molecule has 1 saturated heterocycles. The normalized spacial score (nSPS) is 19.4. The highest BCUT2D eigenvalue weighted by Gasteiger charge is 2.37. The van der Waals surface area contributed by atoms with Gasteiger partial charge in [0.05, 0.1) is 11.2 Å². The quantitative estimate of drug-likeness (QED) is 0.880.